The van der Waals surface area contributed by atoms with Gasteiger partial charge in [-0.2, -0.15) is 0 Å². The molecule has 17 heavy (non-hydrogen) atoms. The Morgan fingerprint density at radius 3 is 2.82 bits per heavy atom. The van der Waals surface area contributed by atoms with Crippen LogP contribution in [0, 0.1) is 0 Å². The lowest BCUT2D eigenvalue weighted by Gasteiger charge is -2.07. The Balaban J connectivity index is 2.60. The number of hydrogen-bond donors (Lipinski definition) is 2. The summed E-state index contributed by atoms with van der Waals surface area (Å²) in [5, 5.41) is 9.91. The number of fused-ring (bicyclic) bond motifs is 1. The Morgan fingerprint density at radius 2 is 2.18 bits per heavy atom. The largest absolute Gasteiger partial charge is 0.396 e. The molecule has 1 atom stereocenters. The molecule has 2 aromatic rings. The molecule has 1 heterocycles. The number of nitrogens with zero attached hydrogens (tertiary/aromatic N) is 1. The molecule has 1 aromatic carbocycles. The molecular formula is C13H16N2O2. The van der Waals surface area contributed by atoms with Crippen LogP contribution in [0.3, 0.4) is 0 Å². The van der Waals surface area contributed by atoms with E-state index >= 15 is 0 Å². The number of carbonyl (C=O) groups excluding carboxylic acids is 1. The number of benzene rings is 1. The molecule has 3 N–H and O–H groups in total. The summed E-state index contributed by atoms with van der Waals surface area (Å²) < 4.78 is 1.60. The predicted octanol–water partition coefficient (Wildman–Crippen LogP) is 1.68. The van der Waals surface area contributed by atoms with Crippen molar-refractivity contribution in [2.75, 3.05) is 6.61 Å². The highest BCUT2D eigenvalue weighted by Crippen LogP contribution is 2.26. The molecule has 0 aliphatic carbocycles. The minimum Gasteiger partial charge on any atom is -0.396 e. The van der Waals surface area contributed by atoms with Crippen LogP contribution in [0.15, 0.2) is 30.5 Å². The minimum absolute atomic E-state index is 0.0383. The summed E-state index contributed by atoms with van der Waals surface area (Å²) in [5.74, 6) is -0.0383. The normalized spacial score (nSPS) is 12.9. The molecule has 4 heteroatoms. The molecule has 0 saturated carbocycles. The maximum atomic E-state index is 11.5. The third kappa shape index (κ3) is 2.09. The summed E-state index contributed by atoms with van der Waals surface area (Å²) in [7, 11) is 0. The minimum atomic E-state index is -0.245. The Kier molecular flexibility index (Phi) is 3.26. The van der Waals surface area contributed by atoms with Crippen LogP contribution in [0.25, 0.3) is 10.9 Å². The van der Waals surface area contributed by atoms with E-state index in [2.05, 4.69) is 0 Å². The van der Waals surface area contributed by atoms with Gasteiger partial charge in [-0.3, -0.25) is 9.36 Å². The van der Waals surface area contributed by atoms with Gasteiger partial charge in [-0.1, -0.05) is 18.2 Å². The molecule has 0 unspecified atom stereocenters. The van der Waals surface area contributed by atoms with E-state index in [4.69, 9.17) is 10.8 Å². The molecule has 2 rings (SSSR count). The average Bonchev–Trinajstić information content (AvgIpc) is 2.69. The quantitative estimate of drug-likeness (QED) is 0.846. The Labute approximate surface area is 99.7 Å². The number of nitrogens with two attached hydrogens (primary N) is 1. The topological polar surface area (TPSA) is 68.2 Å². The van der Waals surface area contributed by atoms with Crippen molar-refractivity contribution >= 4 is 16.8 Å². The van der Waals surface area contributed by atoms with E-state index < -0.39 is 0 Å². The molecule has 0 aliphatic rings. The molecule has 4 nitrogen and oxygen atoms in total. The van der Waals surface area contributed by atoms with Gasteiger partial charge in [0, 0.05) is 31.2 Å². The fourth-order valence-corrected chi connectivity index (χ4v) is 2.06. The zero-order chi connectivity index (χ0) is 12.4. The number of aromatic nitrogens is 1. The number of para-hydroxylation sites is 1. The van der Waals surface area contributed by atoms with Gasteiger partial charge in [0.25, 0.3) is 0 Å². The molecule has 0 fully saturated rings. The highest BCUT2D eigenvalue weighted by Gasteiger charge is 2.15. The zero-order valence-corrected chi connectivity index (χ0v) is 9.76. The summed E-state index contributed by atoms with van der Waals surface area (Å²) in [6.07, 6.45) is 2.26. The summed E-state index contributed by atoms with van der Waals surface area (Å²) in [5.41, 5.74) is 7.77. The number of hydrogen-bond acceptors (Lipinski definition) is 3. The number of aliphatic hydroxyl groups excluding tert-OH is 1. The third-order valence-corrected chi connectivity index (χ3v) is 2.92. The lowest BCUT2D eigenvalue weighted by molar-refractivity contribution is 0.0941. The van der Waals surface area contributed by atoms with Gasteiger partial charge in [-0.05, 0) is 18.1 Å². The maximum Gasteiger partial charge on any atom is 0.227 e. The van der Waals surface area contributed by atoms with Crippen molar-refractivity contribution in [1.29, 1.82) is 0 Å². The second-order valence-corrected chi connectivity index (χ2v) is 4.11. The van der Waals surface area contributed by atoms with Gasteiger partial charge in [0.15, 0.2) is 0 Å². The maximum absolute atomic E-state index is 11.5. The molecule has 0 amide bonds. The SMILES string of the molecule is CC(=O)n1cc([C@@H](N)CCO)c2ccccc21. The first-order valence-electron chi connectivity index (χ1n) is 5.62. The van der Waals surface area contributed by atoms with Gasteiger partial charge in [0.1, 0.15) is 0 Å². The second kappa shape index (κ2) is 4.69. The molecule has 1 aromatic heterocycles. The number of carbonyl (C=O) groups is 1. The van der Waals surface area contributed by atoms with E-state index in [0.29, 0.717) is 6.42 Å². The number of rotatable bonds is 3. The van der Waals surface area contributed by atoms with Crippen LogP contribution in [0.1, 0.15) is 29.7 Å². The van der Waals surface area contributed by atoms with Gasteiger partial charge in [0.2, 0.25) is 5.91 Å². The van der Waals surface area contributed by atoms with Gasteiger partial charge < -0.3 is 10.8 Å². The fourth-order valence-electron chi connectivity index (χ4n) is 2.06. The van der Waals surface area contributed by atoms with Crippen LogP contribution < -0.4 is 5.73 Å². The van der Waals surface area contributed by atoms with Crippen molar-refractivity contribution in [3.8, 4) is 0 Å². The van der Waals surface area contributed by atoms with Gasteiger partial charge in [-0.15, -0.1) is 0 Å². The van der Waals surface area contributed by atoms with E-state index in [9.17, 15) is 4.79 Å². The summed E-state index contributed by atoms with van der Waals surface area (Å²) in [6, 6.07) is 7.41. The molecule has 90 valence electrons. The van der Waals surface area contributed by atoms with E-state index in [1.54, 1.807) is 10.8 Å². The molecule has 0 bridgehead atoms. The van der Waals surface area contributed by atoms with Crippen molar-refractivity contribution in [3.63, 3.8) is 0 Å². The first-order chi connectivity index (χ1) is 8.15. The summed E-state index contributed by atoms with van der Waals surface area (Å²) >= 11 is 0. The highest BCUT2D eigenvalue weighted by molar-refractivity contribution is 5.93. The van der Waals surface area contributed by atoms with Crippen molar-refractivity contribution in [2.24, 2.45) is 5.73 Å². The van der Waals surface area contributed by atoms with Crippen molar-refractivity contribution in [2.45, 2.75) is 19.4 Å². The Hall–Kier alpha value is -1.65. The van der Waals surface area contributed by atoms with Crippen LogP contribution in [0.5, 0.6) is 0 Å². The van der Waals surface area contributed by atoms with Gasteiger partial charge in [-0.25, -0.2) is 0 Å². The van der Waals surface area contributed by atoms with Crippen molar-refractivity contribution < 1.29 is 9.90 Å². The lowest BCUT2D eigenvalue weighted by atomic mass is 10.0. The Bertz CT molecular complexity index is 545. The van der Waals surface area contributed by atoms with E-state index in [1.807, 2.05) is 24.3 Å². The zero-order valence-electron chi connectivity index (χ0n) is 9.76. The molecule has 0 saturated heterocycles. The highest BCUT2D eigenvalue weighted by atomic mass is 16.3. The van der Waals surface area contributed by atoms with E-state index in [0.717, 1.165) is 16.5 Å². The van der Waals surface area contributed by atoms with E-state index in [-0.39, 0.29) is 18.6 Å². The second-order valence-electron chi connectivity index (χ2n) is 4.11. The smallest absolute Gasteiger partial charge is 0.227 e. The van der Waals surface area contributed by atoms with E-state index in [1.165, 1.54) is 6.92 Å². The van der Waals surface area contributed by atoms with Gasteiger partial charge in [0.05, 0.1) is 5.52 Å². The predicted molar refractivity (Wildman–Crippen MR) is 66.9 cm³/mol. The van der Waals surface area contributed by atoms with Crippen molar-refractivity contribution in [1.82, 2.24) is 4.57 Å². The monoisotopic (exact) mass is 232 g/mol. The first kappa shape index (κ1) is 11.8. The standard InChI is InChI=1S/C13H16N2O2/c1-9(17)15-8-11(12(14)6-7-16)10-4-2-3-5-13(10)15/h2-5,8,12,16H,6-7,14H2,1H3/t12-/m0/s1. The Morgan fingerprint density at radius 1 is 1.47 bits per heavy atom. The summed E-state index contributed by atoms with van der Waals surface area (Å²) in [4.78, 5) is 11.5. The first-order valence-corrected chi connectivity index (χ1v) is 5.62. The molecule has 0 spiro atoms. The average molecular weight is 232 g/mol. The van der Waals surface area contributed by atoms with Crippen LogP contribution in [0.4, 0.5) is 0 Å². The molecule has 0 aliphatic heterocycles. The summed E-state index contributed by atoms with van der Waals surface area (Å²) in [6.45, 7) is 1.56. The van der Waals surface area contributed by atoms with Crippen LogP contribution in [0.2, 0.25) is 0 Å². The lowest BCUT2D eigenvalue weighted by Crippen LogP contribution is -2.11. The number of aliphatic hydroxyl groups is 1. The molecule has 0 radical (unpaired) electrons. The van der Waals surface area contributed by atoms with Crippen LogP contribution in [-0.4, -0.2) is 22.2 Å². The van der Waals surface area contributed by atoms with Crippen LogP contribution in [-0.2, 0) is 0 Å². The van der Waals surface area contributed by atoms with Gasteiger partial charge >= 0.3 is 0 Å². The van der Waals surface area contributed by atoms with Crippen molar-refractivity contribution in [3.05, 3.63) is 36.0 Å². The van der Waals surface area contributed by atoms with Crippen LogP contribution >= 0.6 is 0 Å². The third-order valence-electron chi connectivity index (χ3n) is 2.92. The molecular weight excluding hydrogens is 216 g/mol. The fraction of sp³-hybridized carbons (Fsp3) is 0.308.